The molecule has 25 heavy (non-hydrogen) atoms. The molecule has 2 unspecified atom stereocenters. The van der Waals surface area contributed by atoms with Crippen LogP contribution < -0.4 is 10.6 Å². The van der Waals surface area contributed by atoms with Crippen LogP contribution in [-0.2, 0) is 9.30 Å². The van der Waals surface area contributed by atoms with Crippen molar-refractivity contribution in [3.8, 4) is 0 Å². The average Bonchev–Trinajstić information content (AvgIpc) is 3.35. The lowest BCUT2D eigenvalue weighted by molar-refractivity contribution is 0.403. The van der Waals surface area contributed by atoms with Gasteiger partial charge >= 0.3 is 0 Å². The molecule has 0 spiro atoms. The quantitative estimate of drug-likeness (QED) is 0.428. The summed E-state index contributed by atoms with van der Waals surface area (Å²) in [6, 6.07) is 19.8. The molecule has 2 atom stereocenters. The molecule has 0 saturated carbocycles. The summed E-state index contributed by atoms with van der Waals surface area (Å²) in [7, 11) is -4.26. The van der Waals surface area contributed by atoms with Crippen LogP contribution in [0.2, 0.25) is 18.1 Å². The normalized spacial score (nSPS) is 21.2. The van der Waals surface area contributed by atoms with Crippen molar-refractivity contribution in [3.05, 3.63) is 60.7 Å². The first kappa shape index (κ1) is 18.6. The van der Waals surface area contributed by atoms with Gasteiger partial charge in [0, 0.05) is 16.8 Å². The van der Waals surface area contributed by atoms with Gasteiger partial charge in [-0.1, -0.05) is 94.5 Å². The van der Waals surface area contributed by atoms with Gasteiger partial charge < -0.3 is 9.30 Å². The minimum Gasteiger partial charge on any atom is -0.373 e. The number of hydrogen-bond donors (Lipinski definition) is 0. The smallest absolute Gasteiger partial charge is 0.145 e. The SMILES string of the molecule is CC(C)(C)[Si](C)(C)C1OC1CP(=O)(c1ccccc1)c1ccccc1. The summed E-state index contributed by atoms with van der Waals surface area (Å²) in [5.41, 5.74) is 0.299. The van der Waals surface area contributed by atoms with E-state index in [4.69, 9.17) is 4.74 Å². The first-order valence-electron chi connectivity index (χ1n) is 9.02. The molecule has 0 amide bonds. The third kappa shape index (κ3) is 3.56. The Bertz CT molecular complexity index is 722. The molecule has 2 nitrogen and oxygen atoms in total. The fourth-order valence-corrected chi connectivity index (χ4v) is 8.72. The minimum absolute atomic E-state index is 0.118. The number of hydrogen-bond acceptors (Lipinski definition) is 2. The van der Waals surface area contributed by atoms with E-state index in [9.17, 15) is 4.57 Å². The zero-order valence-corrected chi connectivity index (χ0v) is 17.8. The predicted molar refractivity (Wildman–Crippen MR) is 110 cm³/mol. The highest BCUT2D eigenvalue weighted by Gasteiger charge is 2.57. The van der Waals surface area contributed by atoms with E-state index in [2.05, 4.69) is 33.9 Å². The summed E-state index contributed by atoms with van der Waals surface area (Å²) >= 11 is 0. The van der Waals surface area contributed by atoms with E-state index in [0.717, 1.165) is 10.6 Å². The van der Waals surface area contributed by atoms with Crippen LogP contribution >= 0.6 is 7.14 Å². The largest absolute Gasteiger partial charge is 0.373 e. The van der Waals surface area contributed by atoms with E-state index in [1.165, 1.54) is 0 Å². The Balaban J connectivity index is 1.91. The highest BCUT2D eigenvalue weighted by Crippen LogP contribution is 2.52. The Kier molecular flexibility index (Phi) is 4.87. The lowest BCUT2D eigenvalue weighted by Crippen LogP contribution is -2.45. The Labute approximate surface area is 153 Å². The number of epoxide rings is 1. The summed E-state index contributed by atoms with van der Waals surface area (Å²) < 4.78 is 20.3. The highest BCUT2D eigenvalue weighted by molar-refractivity contribution is 7.78. The fraction of sp³-hybridized carbons (Fsp3) is 0.429. The Morgan fingerprint density at radius 1 is 0.920 bits per heavy atom. The monoisotopic (exact) mass is 372 g/mol. The molecule has 1 heterocycles. The molecule has 134 valence electrons. The average molecular weight is 373 g/mol. The molecule has 0 bridgehead atoms. The second kappa shape index (κ2) is 6.54. The Hall–Kier alpha value is -1.15. The Morgan fingerprint density at radius 3 is 1.76 bits per heavy atom. The second-order valence-corrected chi connectivity index (χ2v) is 17.0. The summed E-state index contributed by atoms with van der Waals surface area (Å²) in [6.45, 7) is 11.7. The molecule has 0 aromatic heterocycles. The Morgan fingerprint density at radius 2 is 1.36 bits per heavy atom. The molecule has 3 rings (SSSR count). The fourth-order valence-electron chi connectivity index (χ4n) is 3.29. The zero-order chi connectivity index (χ0) is 18.3. The molecule has 1 saturated heterocycles. The molecule has 4 heteroatoms. The van der Waals surface area contributed by atoms with Gasteiger partial charge in [0.15, 0.2) is 0 Å². The van der Waals surface area contributed by atoms with Crippen LogP contribution in [0.3, 0.4) is 0 Å². The van der Waals surface area contributed by atoms with Crippen LogP contribution in [0.25, 0.3) is 0 Å². The van der Waals surface area contributed by atoms with Gasteiger partial charge in [-0.05, 0) is 5.04 Å². The molecule has 1 aliphatic rings. The van der Waals surface area contributed by atoms with Gasteiger partial charge in [0.05, 0.1) is 19.9 Å². The topological polar surface area (TPSA) is 29.6 Å². The molecule has 1 fully saturated rings. The van der Waals surface area contributed by atoms with E-state index < -0.39 is 15.2 Å². The standard InChI is InChI=1S/C21H29O2PSi/c1-21(2,3)25(4,5)20-19(23-20)16-24(22,17-12-8-6-9-13-17)18-14-10-7-11-15-18/h6-15,19-20H,16H2,1-5H3. The summed E-state index contributed by atoms with van der Waals surface area (Å²) in [4.78, 5) is 0. The summed E-state index contributed by atoms with van der Waals surface area (Å²) in [6.07, 6.45) is 0.727. The van der Waals surface area contributed by atoms with Gasteiger partial charge in [0.1, 0.15) is 7.14 Å². The van der Waals surface area contributed by atoms with Gasteiger partial charge in [0.2, 0.25) is 0 Å². The summed E-state index contributed by atoms with van der Waals surface area (Å²) in [5.74, 6) is 0. The van der Waals surface area contributed by atoms with Gasteiger partial charge in [-0.25, -0.2) is 0 Å². The van der Waals surface area contributed by atoms with Gasteiger partial charge in [-0.3, -0.25) is 0 Å². The van der Waals surface area contributed by atoms with Gasteiger partial charge in [-0.15, -0.1) is 0 Å². The van der Waals surface area contributed by atoms with E-state index in [-0.39, 0.29) is 11.1 Å². The van der Waals surface area contributed by atoms with Crippen LogP contribution in [0.4, 0.5) is 0 Å². The van der Waals surface area contributed by atoms with E-state index in [1.807, 2.05) is 60.7 Å². The van der Waals surface area contributed by atoms with Crippen molar-refractivity contribution in [3.63, 3.8) is 0 Å². The second-order valence-electron chi connectivity index (χ2n) is 8.66. The maximum Gasteiger partial charge on any atom is 0.145 e. The summed E-state index contributed by atoms with van der Waals surface area (Å²) in [5, 5.41) is 2.15. The number of rotatable bonds is 5. The zero-order valence-electron chi connectivity index (χ0n) is 15.9. The molecule has 0 aliphatic carbocycles. The van der Waals surface area contributed by atoms with Crippen molar-refractivity contribution < 1.29 is 9.30 Å². The predicted octanol–water partition coefficient (Wildman–Crippen LogP) is 4.82. The highest BCUT2D eigenvalue weighted by atomic mass is 31.2. The van der Waals surface area contributed by atoms with Crippen molar-refractivity contribution in [1.29, 1.82) is 0 Å². The van der Waals surface area contributed by atoms with Crippen LogP contribution in [-0.4, -0.2) is 26.1 Å². The van der Waals surface area contributed by atoms with Crippen LogP contribution in [0.15, 0.2) is 60.7 Å². The molecule has 2 aromatic rings. The van der Waals surface area contributed by atoms with E-state index >= 15 is 0 Å². The third-order valence-corrected chi connectivity index (χ3v) is 14.9. The lowest BCUT2D eigenvalue weighted by Gasteiger charge is -2.35. The van der Waals surface area contributed by atoms with E-state index in [1.54, 1.807) is 0 Å². The van der Waals surface area contributed by atoms with Crippen molar-refractivity contribution in [2.45, 2.75) is 50.7 Å². The first-order valence-corrected chi connectivity index (χ1v) is 14.0. The molecule has 1 aliphatic heterocycles. The van der Waals surface area contributed by atoms with Crippen molar-refractivity contribution in [2.75, 3.05) is 6.16 Å². The van der Waals surface area contributed by atoms with Gasteiger partial charge in [0.25, 0.3) is 0 Å². The van der Waals surface area contributed by atoms with Crippen molar-refractivity contribution in [2.24, 2.45) is 0 Å². The van der Waals surface area contributed by atoms with Crippen LogP contribution in [0.5, 0.6) is 0 Å². The molecular weight excluding hydrogens is 343 g/mol. The van der Waals surface area contributed by atoms with Crippen LogP contribution in [0.1, 0.15) is 20.8 Å². The maximum absolute atomic E-state index is 14.1. The van der Waals surface area contributed by atoms with E-state index in [0.29, 0.717) is 11.9 Å². The number of ether oxygens (including phenoxy) is 1. The first-order chi connectivity index (χ1) is 11.7. The molecule has 0 N–H and O–H groups in total. The van der Waals surface area contributed by atoms with Crippen molar-refractivity contribution in [1.82, 2.24) is 0 Å². The van der Waals surface area contributed by atoms with Gasteiger partial charge in [-0.2, -0.15) is 0 Å². The number of benzene rings is 2. The minimum atomic E-state index is -2.68. The lowest BCUT2D eigenvalue weighted by atomic mass is 10.2. The third-order valence-electron chi connectivity index (χ3n) is 6.01. The van der Waals surface area contributed by atoms with Crippen LogP contribution in [0, 0.1) is 0 Å². The molecule has 0 radical (unpaired) electrons. The maximum atomic E-state index is 14.1. The van der Waals surface area contributed by atoms with Crippen molar-refractivity contribution >= 4 is 25.8 Å². The molecular formula is C21H29O2PSi. The molecule has 2 aromatic carbocycles.